The van der Waals surface area contributed by atoms with Crippen molar-refractivity contribution in [3.05, 3.63) is 28.0 Å². The van der Waals surface area contributed by atoms with Crippen molar-refractivity contribution in [1.82, 2.24) is 5.32 Å². The first kappa shape index (κ1) is 12.5. The van der Waals surface area contributed by atoms with Crippen LogP contribution < -0.4 is 5.32 Å². The molecule has 0 amide bonds. The maximum atomic E-state index is 3.47. The summed E-state index contributed by atoms with van der Waals surface area (Å²) in [4.78, 5) is 1.38. The standard InChI is InChI=1S/C13H21NS/c1-11-8-10-15-12(11)7-5-6-9-14-13(2,3)4/h5,7-8,10,14H,6,9H2,1-4H3. The molecule has 1 aromatic rings. The highest BCUT2D eigenvalue weighted by atomic mass is 32.1. The van der Waals surface area contributed by atoms with Crippen molar-refractivity contribution in [2.75, 3.05) is 6.54 Å². The summed E-state index contributed by atoms with van der Waals surface area (Å²) in [7, 11) is 0. The highest BCUT2D eigenvalue weighted by Gasteiger charge is 2.06. The number of rotatable bonds is 4. The Balaban J connectivity index is 2.27. The third-order valence-electron chi connectivity index (χ3n) is 2.14. The van der Waals surface area contributed by atoms with Crippen molar-refractivity contribution in [2.45, 2.75) is 39.7 Å². The molecule has 0 fully saturated rings. The van der Waals surface area contributed by atoms with Crippen LogP contribution in [-0.2, 0) is 0 Å². The van der Waals surface area contributed by atoms with E-state index in [4.69, 9.17) is 0 Å². The molecule has 0 aliphatic carbocycles. The molecular weight excluding hydrogens is 202 g/mol. The molecule has 0 atom stereocenters. The Bertz CT molecular complexity index is 318. The summed E-state index contributed by atoms with van der Waals surface area (Å²) >= 11 is 1.81. The predicted molar refractivity (Wildman–Crippen MR) is 70.5 cm³/mol. The zero-order valence-electron chi connectivity index (χ0n) is 10.1. The Labute approximate surface area is 97.2 Å². The number of nitrogens with one attached hydrogen (secondary N) is 1. The zero-order valence-corrected chi connectivity index (χ0v) is 10.9. The molecule has 0 bridgehead atoms. The molecule has 1 heterocycles. The summed E-state index contributed by atoms with van der Waals surface area (Å²) in [6.45, 7) is 9.79. The zero-order chi connectivity index (χ0) is 11.3. The van der Waals surface area contributed by atoms with Crippen molar-refractivity contribution in [1.29, 1.82) is 0 Å². The van der Waals surface area contributed by atoms with Gasteiger partial charge in [0.25, 0.3) is 0 Å². The van der Waals surface area contributed by atoms with E-state index in [0.717, 1.165) is 13.0 Å². The molecule has 1 rings (SSSR count). The summed E-state index contributed by atoms with van der Waals surface area (Å²) in [6.07, 6.45) is 5.57. The van der Waals surface area contributed by atoms with Crippen LogP contribution in [0.1, 0.15) is 37.6 Å². The van der Waals surface area contributed by atoms with Gasteiger partial charge in [-0.05, 0) is 63.7 Å². The first-order chi connectivity index (χ1) is 6.99. The fourth-order valence-corrected chi connectivity index (χ4v) is 2.12. The maximum absolute atomic E-state index is 3.47. The maximum Gasteiger partial charge on any atom is 0.0296 e. The van der Waals surface area contributed by atoms with Crippen LogP contribution in [-0.4, -0.2) is 12.1 Å². The van der Waals surface area contributed by atoms with Crippen molar-refractivity contribution < 1.29 is 0 Å². The molecule has 0 saturated heterocycles. The molecule has 15 heavy (non-hydrogen) atoms. The number of aryl methyl sites for hydroxylation is 1. The molecule has 1 aromatic heterocycles. The van der Waals surface area contributed by atoms with E-state index in [1.165, 1.54) is 10.4 Å². The normalized spacial score (nSPS) is 12.5. The van der Waals surface area contributed by atoms with Gasteiger partial charge in [-0.2, -0.15) is 0 Å². The summed E-state index contributed by atoms with van der Waals surface area (Å²) < 4.78 is 0. The van der Waals surface area contributed by atoms with Crippen LogP contribution >= 0.6 is 11.3 Å². The molecular formula is C13H21NS. The van der Waals surface area contributed by atoms with Gasteiger partial charge in [-0.1, -0.05) is 6.08 Å². The van der Waals surface area contributed by atoms with E-state index in [9.17, 15) is 0 Å². The lowest BCUT2D eigenvalue weighted by Gasteiger charge is -2.19. The van der Waals surface area contributed by atoms with Gasteiger partial charge in [0.2, 0.25) is 0 Å². The predicted octanol–water partition coefficient (Wildman–Crippen LogP) is 3.85. The minimum Gasteiger partial charge on any atom is -0.312 e. The van der Waals surface area contributed by atoms with E-state index in [-0.39, 0.29) is 5.54 Å². The van der Waals surface area contributed by atoms with Gasteiger partial charge in [-0.25, -0.2) is 0 Å². The minimum atomic E-state index is 0.229. The molecule has 0 aliphatic heterocycles. The van der Waals surface area contributed by atoms with E-state index in [1.54, 1.807) is 11.3 Å². The van der Waals surface area contributed by atoms with Crippen molar-refractivity contribution >= 4 is 17.4 Å². The van der Waals surface area contributed by atoms with E-state index in [1.807, 2.05) is 0 Å². The lowest BCUT2D eigenvalue weighted by atomic mass is 10.1. The van der Waals surface area contributed by atoms with Gasteiger partial charge < -0.3 is 5.32 Å². The van der Waals surface area contributed by atoms with E-state index < -0.39 is 0 Å². The first-order valence-corrected chi connectivity index (χ1v) is 6.33. The molecule has 0 aliphatic rings. The molecule has 0 saturated carbocycles. The fraction of sp³-hybridized carbons (Fsp3) is 0.538. The topological polar surface area (TPSA) is 12.0 Å². The van der Waals surface area contributed by atoms with Crippen LogP contribution in [0.25, 0.3) is 6.08 Å². The van der Waals surface area contributed by atoms with Crippen LogP contribution in [0.2, 0.25) is 0 Å². The molecule has 2 heteroatoms. The van der Waals surface area contributed by atoms with Gasteiger partial charge in [0.05, 0.1) is 0 Å². The Morgan fingerprint density at radius 1 is 1.40 bits per heavy atom. The van der Waals surface area contributed by atoms with Gasteiger partial charge in [0, 0.05) is 10.4 Å². The highest BCUT2D eigenvalue weighted by molar-refractivity contribution is 7.11. The van der Waals surface area contributed by atoms with Gasteiger partial charge >= 0.3 is 0 Å². The minimum absolute atomic E-state index is 0.229. The molecule has 84 valence electrons. The van der Waals surface area contributed by atoms with Gasteiger partial charge in [-0.15, -0.1) is 11.3 Å². The van der Waals surface area contributed by atoms with Gasteiger partial charge in [0.1, 0.15) is 0 Å². The fourth-order valence-electron chi connectivity index (χ4n) is 1.28. The van der Waals surface area contributed by atoms with E-state index in [0.29, 0.717) is 0 Å². The third-order valence-corrected chi connectivity index (χ3v) is 3.12. The Kier molecular flexibility index (Phi) is 4.55. The smallest absolute Gasteiger partial charge is 0.0296 e. The monoisotopic (exact) mass is 223 g/mol. The second-order valence-corrected chi connectivity index (χ2v) is 5.78. The van der Waals surface area contributed by atoms with Crippen molar-refractivity contribution in [2.24, 2.45) is 0 Å². The van der Waals surface area contributed by atoms with Gasteiger partial charge in [0.15, 0.2) is 0 Å². The average Bonchev–Trinajstić information content (AvgIpc) is 2.49. The van der Waals surface area contributed by atoms with E-state index in [2.05, 4.69) is 56.6 Å². The van der Waals surface area contributed by atoms with Crippen LogP contribution in [0.4, 0.5) is 0 Å². The molecule has 0 unspecified atom stereocenters. The second kappa shape index (κ2) is 5.47. The molecule has 0 radical (unpaired) electrons. The number of hydrogen-bond donors (Lipinski definition) is 1. The molecule has 0 spiro atoms. The van der Waals surface area contributed by atoms with Crippen molar-refractivity contribution in [3.63, 3.8) is 0 Å². The molecule has 1 nitrogen and oxygen atoms in total. The largest absolute Gasteiger partial charge is 0.312 e. The lowest BCUT2D eigenvalue weighted by molar-refractivity contribution is 0.431. The molecule has 1 N–H and O–H groups in total. The quantitative estimate of drug-likeness (QED) is 0.765. The lowest BCUT2D eigenvalue weighted by Crippen LogP contribution is -2.36. The highest BCUT2D eigenvalue weighted by Crippen LogP contribution is 2.17. The average molecular weight is 223 g/mol. The first-order valence-electron chi connectivity index (χ1n) is 5.45. The Morgan fingerprint density at radius 3 is 2.67 bits per heavy atom. The number of thiophene rings is 1. The summed E-state index contributed by atoms with van der Waals surface area (Å²) in [6, 6.07) is 2.16. The Morgan fingerprint density at radius 2 is 2.13 bits per heavy atom. The van der Waals surface area contributed by atoms with Crippen molar-refractivity contribution in [3.8, 4) is 0 Å². The summed E-state index contributed by atoms with van der Waals surface area (Å²) in [5.41, 5.74) is 1.60. The van der Waals surface area contributed by atoms with Crippen LogP contribution in [0, 0.1) is 6.92 Å². The second-order valence-electron chi connectivity index (χ2n) is 4.84. The van der Waals surface area contributed by atoms with Gasteiger partial charge in [-0.3, -0.25) is 0 Å². The SMILES string of the molecule is Cc1ccsc1C=CCCNC(C)(C)C. The Hall–Kier alpha value is -0.600. The third kappa shape index (κ3) is 5.14. The summed E-state index contributed by atoms with van der Waals surface area (Å²) in [5.74, 6) is 0. The van der Waals surface area contributed by atoms with E-state index >= 15 is 0 Å². The van der Waals surface area contributed by atoms with Crippen LogP contribution in [0.5, 0.6) is 0 Å². The van der Waals surface area contributed by atoms with Crippen LogP contribution in [0.3, 0.4) is 0 Å². The number of hydrogen-bond acceptors (Lipinski definition) is 2. The summed E-state index contributed by atoms with van der Waals surface area (Å²) in [5, 5.41) is 5.61. The molecule has 0 aromatic carbocycles. The van der Waals surface area contributed by atoms with Crippen LogP contribution in [0.15, 0.2) is 17.5 Å².